The number of ketones is 1. The van der Waals surface area contributed by atoms with Crippen molar-refractivity contribution in [3.63, 3.8) is 0 Å². The van der Waals surface area contributed by atoms with Gasteiger partial charge in [0, 0.05) is 11.8 Å². The molecule has 0 bridgehead atoms. The summed E-state index contributed by atoms with van der Waals surface area (Å²) >= 11 is 0. The Bertz CT molecular complexity index is 381. The van der Waals surface area contributed by atoms with E-state index in [-0.39, 0.29) is 0 Å². The van der Waals surface area contributed by atoms with Crippen molar-refractivity contribution in [1.82, 2.24) is 15.4 Å². The van der Waals surface area contributed by atoms with Gasteiger partial charge in [-0.15, -0.1) is 5.10 Å². The number of nitrogens with one attached hydrogen (secondary N) is 1. The molecule has 15 heavy (non-hydrogen) atoms. The third kappa shape index (κ3) is 3.95. The van der Waals surface area contributed by atoms with Gasteiger partial charge in [-0.25, -0.2) is 0 Å². The fourth-order valence-electron chi connectivity index (χ4n) is 0.837. The van der Waals surface area contributed by atoms with E-state index < -0.39 is 5.78 Å². The van der Waals surface area contributed by atoms with Gasteiger partial charge < -0.3 is 0 Å². The van der Waals surface area contributed by atoms with Crippen LogP contribution in [0.15, 0.2) is 42.7 Å². The fraction of sp³-hybridized carbons (Fsp3) is 0. The first-order chi connectivity index (χ1) is 7.34. The van der Waals surface area contributed by atoms with Crippen LogP contribution in [-0.2, 0) is 4.79 Å². The standard InChI is InChI=1S/C8H6O2.C2H3N3/c9-6-8(10)7-4-2-1-3-5-7;1-2-4-5-3-1/h1-6H;1-2H,(H,3,4,5). The number of H-pyrrole nitrogens is 1. The van der Waals surface area contributed by atoms with Crippen LogP contribution in [0.25, 0.3) is 0 Å². The molecule has 5 nitrogen and oxygen atoms in total. The highest BCUT2D eigenvalue weighted by molar-refractivity contribution is 6.33. The lowest BCUT2D eigenvalue weighted by Gasteiger charge is -1.88. The molecule has 1 heterocycles. The number of hydrogen-bond donors (Lipinski definition) is 1. The highest BCUT2D eigenvalue weighted by Gasteiger charge is 1.99. The minimum absolute atomic E-state index is 0.315. The van der Waals surface area contributed by atoms with Gasteiger partial charge in [-0.3, -0.25) is 14.7 Å². The number of carbonyl (C=O) groups excluding carboxylic acids is 2. The topological polar surface area (TPSA) is 75.7 Å². The molecule has 2 aromatic rings. The highest BCUT2D eigenvalue weighted by Crippen LogP contribution is 1.96. The molecular formula is C10H9N3O2. The monoisotopic (exact) mass is 203 g/mol. The maximum atomic E-state index is 10.6. The average Bonchev–Trinajstić information content (AvgIpc) is 2.88. The Kier molecular flexibility index (Phi) is 4.45. The summed E-state index contributed by atoms with van der Waals surface area (Å²) in [6.45, 7) is 0. The third-order valence-electron chi connectivity index (χ3n) is 1.50. The molecule has 0 amide bonds. The van der Waals surface area contributed by atoms with Crippen LogP contribution in [0.1, 0.15) is 10.4 Å². The van der Waals surface area contributed by atoms with Crippen molar-refractivity contribution >= 4 is 12.1 Å². The first-order valence-electron chi connectivity index (χ1n) is 4.19. The maximum Gasteiger partial charge on any atom is 0.225 e. The van der Waals surface area contributed by atoms with Gasteiger partial charge in [0.2, 0.25) is 5.78 Å². The first kappa shape index (κ1) is 10.8. The lowest BCUT2D eigenvalue weighted by atomic mass is 10.1. The molecule has 2 rings (SSSR count). The highest BCUT2D eigenvalue weighted by atomic mass is 16.2. The van der Waals surface area contributed by atoms with Gasteiger partial charge >= 0.3 is 0 Å². The summed E-state index contributed by atoms with van der Waals surface area (Å²) in [5.74, 6) is -0.472. The predicted molar refractivity (Wildman–Crippen MR) is 53.2 cm³/mol. The van der Waals surface area contributed by atoms with E-state index in [1.54, 1.807) is 42.7 Å². The van der Waals surface area contributed by atoms with Gasteiger partial charge in [0.15, 0.2) is 6.29 Å². The second-order valence-corrected chi connectivity index (χ2v) is 2.51. The summed E-state index contributed by atoms with van der Waals surface area (Å²) in [7, 11) is 0. The minimum Gasteiger partial charge on any atom is -0.294 e. The van der Waals surface area contributed by atoms with Crippen LogP contribution in [0, 0.1) is 0 Å². The molecule has 0 fully saturated rings. The van der Waals surface area contributed by atoms with Gasteiger partial charge in [0.05, 0.1) is 6.20 Å². The molecule has 76 valence electrons. The molecule has 0 saturated carbocycles. The number of carbonyl (C=O) groups is 2. The Balaban J connectivity index is 0.000000187. The molecule has 1 aromatic heterocycles. The number of hydrogen-bond acceptors (Lipinski definition) is 4. The van der Waals surface area contributed by atoms with Gasteiger partial charge in [0.1, 0.15) is 0 Å². The fourth-order valence-corrected chi connectivity index (χ4v) is 0.837. The van der Waals surface area contributed by atoms with E-state index in [0.29, 0.717) is 11.8 Å². The van der Waals surface area contributed by atoms with E-state index in [1.165, 1.54) is 0 Å². The largest absolute Gasteiger partial charge is 0.294 e. The number of aromatic amines is 1. The van der Waals surface area contributed by atoms with Gasteiger partial charge in [-0.05, 0) is 0 Å². The van der Waals surface area contributed by atoms with Crippen LogP contribution in [0.5, 0.6) is 0 Å². The third-order valence-corrected chi connectivity index (χ3v) is 1.50. The maximum absolute atomic E-state index is 10.6. The average molecular weight is 203 g/mol. The molecule has 0 saturated heterocycles. The lowest BCUT2D eigenvalue weighted by molar-refractivity contribution is -0.104. The van der Waals surface area contributed by atoms with Crippen molar-refractivity contribution < 1.29 is 9.59 Å². The van der Waals surface area contributed by atoms with E-state index in [0.717, 1.165) is 0 Å². The van der Waals surface area contributed by atoms with E-state index in [4.69, 9.17) is 0 Å². The summed E-state index contributed by atoms with van der Waals surface area (Å²) in [4.78, 5) is 20.6. The number of nitrogens with zero attached hydrogens (tertiary/aromatic N) is 2. The molecular weight excluding hydrogens is 194 g/mol. The van der Waals surface area contributed by atoms with Crippen LogP contribution in [0.4, 0.5) is 0 Å². The van der Waals surface area contributed by atoms with E-state index >= 15 is 0 Å². The molecule has 0 spiro atoms. The summed E-state index contributed by atoms with van der Waals surface area (Å²) in [5.41, 5.74) is 0.442. The second kappa shape index (κ2) is 6.20. The first-order valence-corrected chi connectivity index (χ1v) is 4.19. The van der Waals surface area contributed by atoms with Crippen molar-refractivity contribution in [3.05, 3.63) is 48.3 Å². The van der Waals surface area contributed by atoms with E-state index in [2.05, 4.69) is 15.4 Å². The lowest BCUT2D eigenvalue weighted by Crippen LogP contribution is -1.97. The van der Waals surface area contributed by atoms with Crippen molar-refractivity contribution in [2.45, 2.75) is 0 Å². The Labute approximate surface area is 86.1 Å². The Morgan fingerprint density at radius 1 is 1.27 bits per heavy atom. The van der Waals surface area contributed by atoms with Crippen LogP contribution in [0.2, 0.25) is 0 Å². The molecule has 0 aliphatic carbocycles. The zero-order valence-corrected chi connectivity index (χ0v) is 7.83. The van der Waals surface area contributed by atoms with Crippen LogP contribution >= 0.6 is 0 Å². The van der Waals surface area contributed by atoms with Crippen molar-refractivity contribution in [1.29, 1.82) is 0 Å². The molecule has 0 aliphatic heterocycles. The zero-order valence-electron chi connectivity index (χ0n) is 7.83. The number of aromatic nitrogens is 3. The second-order valence-electron chi connectivity index (χ2n) is 2.51. The Morgan fingerprint density at radius 2 is 2.00 bits per heavy atom. The molecule has 0 aliphatic rings. The van der Waals surface area contributed by atoms with Crippen molar-refractivity contribution in [2.75, 3.05) is 0 Å². The molecule has 5 heteroatoms. The van der Waals surface area contributed by atoms with Gasteiger partial charge in [0.25, 0.3) is 0 Å². The smallest absolute Gasteiger partial charge is 0.225 e. The quantitative estimate of drug-likeness (QED) is 0.446. The van der Waals surface area contributed by atoms with Crippen LogP contribution in [0.3, 0.4) is 0 Å². The van der Waals surface area contributed by atoms with Crippen LogP contribution in [-0.4, -0.2) is 27.5 Å². The Morgan fingerprint density at radius 3 is 2.40 bits per heavy atom. The van der Waals surface area contributed by atoms with E-state index in [1.807, 2.05) is 0 Å². The minimum atomic E-state index is -0.472. The normalized spacial score (nSPS) is 8.53. The zero-order chi connectivity index (χ0) is 10.9. The van der Waals surface area contributed by atoms with Crippen LogP contribution < -0.4 is 0 Å². The number of Topliss-reactive ketones (excluding diaryl/α,β-unsaturated/α-hetero) is 1. The number of benzene rings is 1. The van der Waals surface area contributed by atoms with Gasteiger partial charge in [-0.2, -0.15) is 0 Å². The molecule has 0 radical (unpaired) electrons. The Hall–Kier alpha value is -2.30. The molecule has 0 unspecified atom stereocenters. The van der Waals surface area contributed by atoms with Crippen molar-refractivity contribution in [3.8, 4) is 0 Å². The van der Waals surface area contributed by atoms with Crippen molar-refractivity contribution in [2.24, 2.45) is 0 Å². The summed E-state index contributed by atoms with van der Waals surface area (Å²) in [6.07, 6.45) is 3.55. The summed E-state index contributed by atoms with van der Waals surface area (Å²) in [5, 5.41) is 9.26. The summed E-state index contributed by atoms with van der Waals surface area (Å²) < 4.78 is 0. The van der Waals surface area contributed by atoms with E-state index in [9.17, 15) is 9.59 Å². The number of rotatable bonds is 2. The molecule has 0 atom stereocenters. The predicted octanol–water partition coefficient (Wildman–Crippen LogP) is 0.873. The SMILES string of the molecule is O=CC(=O)c1ccccc1.c1c[nH]nn1. The summed E-state index contributed by atoms with van der Waals surface area (Å²) in [6, 6.07) is 8.45. The van der Waals surface area contributed by atoms with Gasteiger partial charge in [-0.1, -0.05) is 35.5 Å². The molecule has 1 aromatic carbocycles. The molecule has 1 N–H and O–H groups in total. The number of aldehydes is 1.